The molecule has 1 atom stereocenters. The topological polar surface area (TPSA) is 36.9 Å². The summed E-state index contributed by atoms with van der Waals surface area (Å²) in [5, 5.41) is 0. The molecule has 0 N–H and O–H groups in total. The Labute approximate surface area is 83.2 Å². The summed E-state index contributed by atoms with van der Waals surface area (Å²) in [5.41, 5.74) is 0. The molecule has 0 aromatic rings. The molecule has 4 nitrogen and oxygen atoms in total. The van der Waals surface area contributed by atoms with Crippen LogP contribution in [0.15, 0.2) is 0 Å². The summed E-state index contributed by atoms with van der Waals surface area (Å²) < 4.78 is 21.2. The van der Waals surface area contributed by atoms with Crippen molar-refractivity contribution in [3.8, 4) is 0 Å². The molecule has 1 unspecified atom stereocenters. The molecule has 0 saturated carbocycles. The second-order valence-corrected chi connectivity index (χ2v) is 8.64. The molecule has 0 aliphatic rings. The summed E-state index contributed by atoms with van der Waals surface area (Å²) in [6, 6.07) is 1.87. The first-order chi connectivity index (χ1) is 6.14. The third kappa shape index (κ3) is 4.34. The van der Waals surface area contributed by atoms with Crippen LogP contribution in [0.5, 0.6) is 0 Å². The highest BCUT2D eigenvalue weighted by molar-refractivity contribution is 6.63. The van der Waals surface area contributed by atoms with Gasteiger partial charge in [-0.3, -0.25) is 0 Å². The average molecular weight is 224 g/mol. The van der Waals surface area contributed by atoms with Crippen molar-refractivity contribution in [1.82, 2.24) is 0 Å². The molecule has 0 bridgehead atoms. The van der Waals surface area contributed by atoms with Gasteiger partial charge in [-0.2, -0.15) is 0 Å². The lowest BCUT2D eigenvalue weighted by Crippen LogP contribution is -2.43. The van der Waals surface area contributed by atoms with Gasteiger partial charge < -0.3 is 17.7 Å². The molecule has 13 heavy (non-hydrogen) atoms. The lowest BCUT2D eigenvalue weighted by molar-refractivity contribution is 0.125. The van der Waals surface area contributed by atoms with E-state index in [-0.39, 0.29) is 0 Å². The highest BCUT2D eigenvalue weighted by atomic mass is 28.4. The van der Waals surface area contributed by atoms with Gasteiger partial charge in [0.2, 0.25) is 0 Å². The molecule has 0 aliphatic carbocycles. The first kappa shape index (κ1) is 13.3. The minimum atomic E-state index is -2.34. The quantitative estimate of drug-likeness (QED) is 0.601. The number of rotatable bonds is 7. The summed E-state index contributed by atoms with van der Waals surface area (Å²) in [4.78, 5) is 0. The van der Waals surface area contributed by atoms with Crippen LogP contribution < -0.4 is 0 Å². The van der Waals surface area contributed by atoms with Crippen LogP contribution in [0.1, 0.15) is 0 Å². The van der Waals surface area contributed by atoms with Crippen molar-refractivity contribution in [1.29, 1.82) is 0 Å². The van der Waals surface area contributed by atoms with Crippen molar-refractivity contribution in [3.63, 3.8) is 0 Å². The fraction of sp³-hybridized carbons (Fsp3) is 1.00. The van der Waals surface area contributed by atoms with E-state index in [1.165, 1.54) is 0 Å². The van der Waals surface area contributed by atoms with E-state index in [4.69, 9.17) is 17.7 Å². The van der Waals surface area contributed by atoms with Gasteiger partial charge in [0.05, 0.1) is 0 Å². The van der Waals surface area contributed by atoms with Crippen molar-refractivity contribution in [2.75, 3.05) is 28.4 Å². The van der Waals surface area contributed by atoms with E-state index in [1.54, 1.807) is 28.4 Å². The molecule has 0 fully saturated rings. The molecular formula is C7H20O4Si2. The summed E-state index contributed by atoms with van der Waals surface area (Å²) in [6.07, 6.45) is 0. The second kappa shape index (κ2) is 6.69. The molecule has 80 valence electrons. The van der Waals surface area contributed by atoms with E-state index in [0.717, 1.165) is 12.1 Å². The Morgan fingerprint density at radius 1 is 1.00 bits per heavy atom. The zero-order chi connectivity index (χ0) is 10.3. The Kier molecular flexibility index (Phi) is 6.83. The van der Waals surface area contributed by atoms with E-state index in [1.807, 2.05) is 0 Å². The van der Waals surface area contributed by atoms with Crippen LogP contribution in [0, 0.1) is 0 Å². The van der Waals surface area contributed by atoms with Gasteiger partial charge in [0.15, 0.2) is 9.04 Å². The predicted octanol–water partition coefficient (Wildman–Crippen LogP) is 0.864. The van der Waals surface area contributed by atoms with Gasteiger partial charge in [0.25, 0.3) is 0 Å². The SMILES string of the molecule is CO[SiH](C)CC[Si](OC)(OC)OC. The molecule has 6 heteroatoms. The van der Waals surface area contributed by atoms with Crippen molar-refractivity contribution in [2.45, 2.75) is 18.6 Å². The molecule has 0 radical (unpaired) electrons. The fourth-order valence-electron chi connectivity index (χ4n) is 1.05. The monoisotopic (exact) mass is 224 g/mol. The maximum Gasteiger partial charge on any atom is 0.499 e. The van der Waals surface area contributed by atoms with Crippen LogP contribution in [0.2, 0.25) is 18.6 Å². The molecule has 0 aromatic carbocycles. The molecule has 0 saturated heterocycles. The van der Waals surface area contributed by atoms with E-state index in [2.05, 4.69) is 6.55 Å². The van der Waals surface area contributed by atoms with Gasteiger partial charge in [0.1, 0.15) is 0 Å². The third-order valence-corrected chi connectivity index (χ3v) is 7.44. The maximum absolute atomic E-state index is 5.29. The van der Waals surface area contributed by atoms with E-state index in [9.17, 15) is 0 Å². The van der Waals surface area contributed by atoms with Gasteiger partial charge in [-0.25, -0.2) is 0 Å². The summed E-state index contributed by atoms with van der Waals surface area (Å²) >= 11 is 0. The smallest absolute Gasteiger partial charge is 0.423 e. The van der Waals surface area contributed by atoms with Crippen LogP contribution in [-0.2, 0) is 17.7 Å². The van der Waals surface area contributed by atoms with Crippen molar-refractivity contribution in [3.05, 3.63) is 0 Å². The van der Waals surface area contributed by atoms with Gasteiger partial charge >= 0.3 is 8.80 Å². The van der Waals surface area contributed by atoms with E-state index >= 15 is 0 Å². The summed E-state index contributed by atoms with van der Waals surface area (Å²) in [7, 11) is 3.30. The maximum atomic E-state index is 5.29. The van der Waals surface area contributed by atoms with Crippen LogP contribution >= 0.6 is 0 Å². The minimum absolute atomic E-state index is 0.845. The zero-order valence-electron chi connectivity index (χ0n) is 9.12. The Morgan fingerprint density at radius 3 is 1.77 bits per heavy atom. The van der Waals surface area contributed by atoms with Gasteiger partial charge in [0, 0.05) is 34.5 Å². The van der Waals surface area contributed by atoms with E-state index in [0.29, 0.717) is 0 Å². The molecule has 0 rings (SSSR count). The molecule has 0 aliphatic heterocycles. The van der Waals surface area contributed by atoms with Crippen molar-refractivity contribution < 1.29 is 17.7 Å². The molecule has 0 heterocycles. The minimum Gasteiger partial charge on any atom is -0.423 e. The molecular weight excluding hydrogens is 204 g/mol. The predicted molar refractivity (Wildman–Crippen MR) is 56.4 cm³/mol. The Balaban J connectivity index is 3.95. The largest absolute Gasteiger partial charge is 0.499 e. The van der Waals surface area contributed by atoms with E-state index < -0.39 is 17.8 Å². The van der Waals surface area contributed by atoms with Gasteiger partial charge in [-0.05, 0) is 12.6 Å². The first-order valence-electron chi connectivity index (χ1n) is 4.32. The highest BCUT2D eigenvalue weighted by Gasteiger charge is 2.37. The third-order valence-electron chi connectivity index (χ3n) is 2.19. The Bertz CT molecular complexity index is 121. The van der Waals surface area contributed by atoms with Crippen LogP contribution in [0.25, 0.3) is 0 Å². The zero-order valence-corrected chi connectivity index (χ0v) is 11.3. The average Bonchev–Trinajstić information content (AvgIpc) is 2.20. The van der Waals surface area contributed by atoms with Crippen LogP contribution in [0.4, 0.5) is 0 Å². The molecule has 0 aromatic heterocycles. The highest BCUT2D eigenvalue weighted by Crippen LogP contribution is 2.16. The fourth-order valence-corrected chi connectivity index (χ4v) is 5.44. The Morgan fingerprint density at radius 2 is 1.46 bits per heavy atom. The first-order valence-corrected chi connectivity index (χ1v) is 8.69. The van der Waals surface area contributed by atoms with Crippen LogP contribution in [-0.4, -0.2) is 46.3 Å². The summed E-state index contributed by atoms with van der Waals surface area (Å²) in [5.74, 6) is 0. The number of hydrogen-bond acceptors (Lipinski definition) is 4. The number of hydrogen-bond donors (Lipinski definition) is 0. The molecule has 0 spiro atoms. The normalized spacial score (nSPS) is 14.5. The van der Waals surface area contributed by atoms with Crippen molar-refractivity contribution >= 4 is 17.8 Å². The molecule has 0 amide bonds. The standard InChI is InChI=1S/C7H20O4Si2/c1-8-12(5)6-7-13(9-2,10-3)11-4/h12H,6-7H2,1-5H3. The summed E-state index contributed by atoms with van der Waals surface area (Å²) in [6.45, 7) is 2.15. The Hall–Kier alpha value is 0.274. The van der Waals surface area contributed by atoms with Gasteiger partial charge in [-0.1, -0.05) is 0 Å². The second-order valence-electron chi connectivity index (χ2n) is 2.88. The van der Waals surface area contributed by atoms with Gasteiger partial charge in [-0.15, -0.1) is 0 Å². The van der Waals surface area contributed by atoms with Crippen molar-refractivity contribution in [2.24, 2.45) is 0 Å². The lowest BCUT2D eigenvalue weighted by atomic mass is 10.9. The lowest BCUT2D eigenvalue weighted by Gasteiger charge is -2.24. The van der Waals surface area contributed by atoms with Crippen LogP contribution in [0.3, 0.4) is 0 Å².